The van der Waals surface area contributed by atoms with Gasteiger partial charge < -0.3 is 9.47 Å². The van der Waals surface area contributed by atoms with Crippen LogP contribution in [-0.2, 0) is 9.47 Å². The molecule has 0 spiro atoms. The van der Waals surface area contributed by atoms with Gasteiger partial charge in [0.2, 0.25) is 0 Å². The van der Waals surface area contributed by atoms with E-state index in [-0.39, 0.29) is 5.54 Å². The predicted molar refractivity (Wildman–Crippen MR) is 57.6 cm³/mol. The smallest absolute Gasteiger partial charge is 0.0649 e. The molecule has 84 valence electrons. The van der Waals surface area contributed by atoms with Gasteiger partial charge in [0.05, 0.1) is 19.3 Å². The quantitative estimate of drug-likeness (QED) is 0.688. The molecule has 1 heterocycles. The first kappa shape index (κ1) is 12.0. The number of hydrogen-bond donors (Lipinski definition) is 0. The molecule has 1 aliphatic heterocycles. The molecule has 0 saturated carbocycles. The van der Waals surface area contributed by atoms with Crippen LogP contribution in [0, 0.1) is 0 Å². The van der Waals surface area contributed by atoms with Crippen molar-refractivity contribution in [2.45, 2.75) is 38.8 Å². The highest BCUT2D eigenvalue weighted by molar-refractivity contribution is 4.86. The van der Waals surface area contributed by atoms with Crippen LogP contribution in [0.5, 0.6) is 0 Å². The van der Waals surface area contributed by atoms with E-state index < -0.39 is 0 Å². The molecule has 0 aromatic rings. The highest BCUT2D eigenvalue weighted by atomic mass is 16.5. The van der Waals surface area contributed by atoms with E-state index in [1.807, 2.05) is 0 Å². The van der Waals surface area contributed by atoms with Gasteiger partial charge in [-0.25, -0.2) is 0 Å². The summed E-state index contributed by atoms with van der Waals surface area (Å²) >= 11 is 0. The Kier molecular flexibility index (Phi) is 4.35. The van der Waals surface area contributed by atoms with Crippen molar-refractivity contribution >= 4 is 0 Å². The Balaban J connectivity index is 2.32. The molecule has 1 saturated heterocycles. The van der Waals surface area contributed by atoms with Crippen molar-refractivity contribution in [1.29, 1.82) is 0 Å². The maximum atomic E-state index is 5.58. The molecule has 0 radical (unpaired) electrons. The third-order valence-corrected chi connectivity index (χ3v) is 3.00. The minimum Gasteiger partial charge on any atom is -0.379 e. The fourth-order valence-corrected chi connectivity index (χ4v) is 1.65. The number of rotatable bonds is 4. The number of ether oxygens (including phenoxy) is 2. The van der Waals surface area contributed by atoms with Crippen LogP contribution >= 0.6 is 0 Å². The molecule has 3 heteroatoms. The molecule has 1 fully saturated rings. The lowest BCUT2D eigenvalue weighted by Crippen LogP contribution is -2.53. The summed E-state index contributed by atoms with van der Waals surface area (Å²) < 4.78 is 11.1. The third kappa shape index (κ3) is 3.23. The van der Waals surface area contributed by atoms with E-state index in [2.05, 4.69) is 32.7 Å². The normalized spacial score (nSPS) is 29.8. The SMILES string of the molecule is CC(C)OCCC1(C)COCCN1C. The van der Waals surface area contributed by atoms with E-state index in [1.54, 1.807) is 0 Å². The Labute approximate surface area is 87.4 Å². The molecule has 1 unspecified atom stereocenters. The van der Waals surface area contributed by atoms with Gasteiger partial charge in [-0.1, -0.05) is 0 Å². The van der Waals surface area contributed by atoms with Gasteiger partial charge in [-0.3, -0.25) is 4.90 Å². The first-order valence-corrected chi connectivity index (χ1v) is 5.45. The largest absolute Gasteiger partial charge is 0.379 e. The third-order valence-electron chi connectivity index (χ3n) is 3.00. The molecule has 1 atom stereocenters. The van der Waals surface area contributed by atoms with Crippen LogP contribution in [0.4, 0.5) is 0 Å². The van der Waals surface area contributed by atoms with Gasteiger partial charge in [0.25, 0.3) is 0 Å². The van der Waals surface area contributed by atoms with Crippen molar-refractivity contribution in [2.75, 3.05) is 33.4 Å². The summed E-state index contributed by atoms with van der Waals surface area (Å²) in [6.07, 6.45) is 1.37. The van der Waals surface area contributed by atoms with Crippen LogP contribution in [-0.4, -0.2) is 50.0 Å². The van der Waals surface area contributed by atoms with Gasteiger partial charge >= 0.3 is 0 Å². The Bertz CT molecular complexity index is 173. The second-order valence-electron chi connectivity index (χ2n) is 4.64. The Morgan fingerprint density at radius 2 is 2.21 bits per heavy atom. The molecule has 3 nitrogen and oxygen atoms in total. The van der Waals surface area contributed by atoms with Crippen LogP contribution in [0.15, 0.2) is 0 Å². The molecular weight excluding hydrogens is 178 g/mol. The van der Waals surface area contributed by atoms with Gasteiger partial charge in [-0.05, 0) is 34.2 Å². The Hall–Kier alpha value is -0.120. The zero-order valence-corrected chi connectivity index (χ0v) is 9.88. The van der Waals surface area contributed by atoms with Gasteiger partial charge in [0.1, 0.15) is 0 Å². The summed E-state index contributed by atoms with van der Waals surface area (Å²) in [5.41, 5.74) is 0.160. The average molecular weight is 201 g/mol. The van der Waals surface area contributed by atoms with E-state index in [0.29, 0.717) is 6.10 Å². The van der Waals surface area contributed by atoms with Crippen molar-refractivity contribution in [3.63, 3.8) is 0 Å². The zero-order chi connectivity index (χ0) is 10.6. The molecule has 1 rings (SSSR count). The maximum Gasteiger partial charge on any atom is 0.0649 e. The first-order chi connectivity index (χ1) is 6.54. The molecule has 1 aliphatic rings. The van der Waals surface area contributed by atoms with Crippen molar-refractivity contribution in [2.24, 2.45) is 0 Å². The minimum atomic E-state index is 0.160. The molecule has 0 N–H and O–H groups in total. The van der Waals surface area contributed by atoms with Crippen molar-refractivity contribution in [3.05, 3.63) is 0 Å². The summed E-state index contributed by atoms with van der Waals surface area (Å²) in [6, 6.07) is 0. The monoisotopic (exact) mass is 201 g/mol. The van der Waals surface area contributed by atoms with Gasteiger partial charge in [0, 0.05) is 18.7 Å². The second kappa shape index (κ2) is 5.10. The van der Waals surface area contributed by atoms with Crippen molar-refractivity contribution < 1.29 is 9.47 Å². The maximum absolute atomic E-state index is 5.58. The fourth-order valence-electron chi connectivity index (χ4n) is 1.65. The number of nitrogens with zero attached hydrogens (tertiary/aromatic N) is 1. The van der Waals surface area contributed by atoms with E-state index in [9.17, 15) is 0 Å². The summed E-state index contributed by atoms with van der Waals surface area (Å²) in [6.45, 7) is 9.92. The van der Waals surface area contributed by atoms with Gasteiger partial charge in [-0.15, -0.1) is 0 Å². The second-order valence-corrected chi connectivity index (χ2v) is 4.64. The minimum absolute atomic E-state index is 0.160. The summed E-state index contributed by atoms with van der Waals surface area (Å²) in [5, 5.41) is 0. The molecular formula is C11H23NO2. The van der Waals surface area contributed by atoms with Crippen LogP contribution in [0.2, 0.25) is 0 Å². The standard InChI is InChI=1S/C11H23NO2/c1-10(2)14-7-5-11(3)9-13-8-6-12(11)4/h10H,5-9H2,1-4H3. The average Bonchev–Trinajstić information content (AvgIpc) is 2.10. The lowest BCUT2D eigenvalue weighted by Gasteiger charge is -2.42. The molecule has 0 aliphatic carbocycles. The number of morpholine rings is 1. The van der Waals surface area contributed by atoms with Crippen LogP contribution in [0.3, 0.4) is 0 Å². The number of hydrogen-bond acceptors (Lipinski definition) is 3. The lowest BCUT2D eigenvalue weighted by atomic mass is 9.96. The predicted octanol–water partition coefficient (Wildman–Crippen LogP) is 1.52. The van der Waals surface area contributed by atoms with E-state index in [1.165, 1.54) is 0 Å². The summed E-state index contributed by atoms with van der Waals surface area (Å²) in [4.78, 5) is 2.38. The van der Waals surface area contributed by atoms with E-state index >= 15 is 0 Å². The molecule has 0 amide bonds. The molecule has 0 aromatic heterocycles. The van der Waals surface area contributed by atoms with Crippen molar-refractivity contribution in [3.8, 4) is 0 Å². The summed E-state index contributed by atoms with van der Waals surface area (Å²) in [7, 11) is 2.16. The highest BCUT2D eigenvalue weighted by Crippen LogP contribution is 2.21. The summed E-state index contributed by atoms with van der Waals surface area (Å²) in [5.74, 6) is 0. The van der Waals surface area contributed by atoms with Crippen LogP contribution < -0.4 is 0 Å². The van der Waals surface area contributed by atoms with Gasteiger partial charge in [-0.2, -0.15) is 0 Å². The molecule has 14 heavy (non-hydrogen) atoms. The highest BCUT2D eigenvalue weighted by Gasteiger charge is 2.32. The van der Waals surface area contributed by atoms with E-state index in [4.69, 9.17) is 9.47 Å². The first-order valence-electron chi connectivity index (χ1n) is 5.45. The number of likely N-dealkylation sites (N-methyl/N-ethyl adjacent to an activating group) is 1. The van der Waals surface area contributed by atoms with E-state index in [0.717, 1.165) is 32.8 Å². The topological polar surface area (TPSA) is 21.7 Å². The molecule has 0 aromatic carbocycles. The Morgan fingerprint density at radius 3 is 2.79 bits per heavy atom. The Morgan fingerprint density at radius 1 is 1.50 bits per heavy atom. The van der Waals surface area contributed by atoms with Crippen molar-refractivity contribution in [1.82, 2.24) is 4.90 Å². The lowest BCUT2D eigenvalue weighted by molar-refractivity contribution is -0.0645. The molecule has 0 bridgehead atoms. The van der Waals surface area contributed by atoms with Crippen LogP contribution in [0.1, 0.15) is 27.2 Å². The zero-order valence-electron chi connectivity index (χ0n) is 9.88. The van der Waals surface area contributed by atoms with Crippen LogP contribution in [0.25, 0.3) is 0 Å². The van der Waals surface area contributed by atoms with Gasteiger partial charge in [0.15, 0.2) is 0 Å². The fraction of sp³-hybridized carbons (Fsp3) is 1.00.